The lowest BCUT2D eigenvalue weighted by Crippen LogP contribution is -2.30. The summed E-state index contributed by atoms with van der Waals surface area (Å²) >= 11 is 0. The van der Waals surface area contributed by atoms with Gasteiger partial charge in [0, 0.05) is 25.7 Å². The molecule has 3 N–H and O–H groups in total. The molecular weight excluding hydrogens is 1350 g/mol. The monoisotopic (exact) mass is 1500 g/mol. The lowest BCUT2D eigenvalue weighted by atomic mass is 10.0. The first-order chi connectivity index (χ1) is 50.7. The number of rotatable bonds is 74. The van der Waals surface area contributed by atoms with Crippen LogP contribution in [-0.2, 0) is 65.4 Å². The normalized spacial score (nSPS) is 14.6. The number of phosphoric acid groups is 2. The number of aliphatic hydroxyl groups is 1. The molecule has 0 aromatic heterocycles. The highest BCUT2D eigenvalue weighted by Gasteiger charge is 2.30. The van der Waals surface area contributed by atoms with E-state index < -0.39 is 97.5 Å². The summed E-state index contributed by atoms with van der Waals surface area (Å²) in [6.07, 6.45) is 86.8. The lowest BCUT2D eigenvalue weighted by molar-refractivity contribution is -0.161. The van der Waals surface area contributed by atoms with Crippen LogP contribution in [-0.4, -0.2) is 96.7 Å². The van der Waals surface area contributed by atoms with Crippen LogP contribution >= 0.6 is 15.6 Å². The zero-order chi connectivity index (χ0) is 76.0. The van der Waals surface area contributed by atoms with Crippen molar-refractivity contribution in [3.63, 3.8) is 0 Å². The summed E-state index contributed by atoms with van der Waals surface area (Å²) in [5.41, 5.74) is 0. The van der Waals surface area contributed by atoms with Crippen molar-refractivity contribution in [2.24, 2.45) is 0 Å². The van der Waals surface area contributed by atoms with Crippen LogP contribution in [0.25, 0.3) is 0 Å². The molecule has 0 aromatic carbocycles. The first kappa shape index (κ1) is 98.9. The van der Waals surface area contributed by atoms with Crippen molar-refractivity contribution >= 4 is 39.5 Å². The largest absolute Gasteiger partial charge is 0.472 e. The number of allylic oxidation sites excluding steroid dienone is 24. The van der Waals surface area contributed by atoms with Gasteiger partial charge in [0.15, 0.2) is 12.2 Å². The van der Waals surface area contributed by atoms with Gasteiger partial charge in [0.25, 0.3) is 0 Å². The van der Waals surface area contributed by atoms with Gasteiger partial charge in [0.2, 0.25) is 0 Å². The highest BCUT2D eigenvalue weighted by Crippen LogP contribution is 2.45. The number of unbranched alkanes of at least 4 members (excludes halogenated alkanes) is 24. The van der Waals surface area contributed by atoms with Gasteiger partial charge in [-0.15, -0.1) is 0 Å². The minimum absolute atomic E-state index is 0.0351. The van der Waals surface area contributed by atoms with Crippen LogP contribution in [0, 0.1) is 0 Å². The van der Waals surface area contributed by atoms with Crippen LogP contribution in [0.15, 0.2) is 146 Å². The first-order valence-corrected chi connectivity index (χ1v) is 43.1. The Morgan fingerprint density at radius 1 is 0.279 bits per heavy atom. The van der Waals surface area contributed by atoms with E-state index in [1.165, 1.54) is 51.4 Å². The van der Waals surface area contributed by atoms with Crippen LogP contribution in [0.4, 0.5) is 0 Å². The molecule has 0 amide bonds. The molecule has 0 saturated heterocycles. The van der Waals surface area contributed by atoms with E-state index in [1.54, 1.807) is 0 Å². The second kappa shape index (κ2) is 76.1. The Morgan fingerprint density at radius 3 is 0.788 bits per heavy atom. The molecule has 17 nitrogen and oxygen atoms in total. The van der Waals surface area contributed by atoms with E-state index in [0.717, 1.165) is 173 Å². The molecule has 0 aromatic rings. The summed E-state index contributed by atoms with van der Waals surface area (Å²) < 4.78 is 68.6. The summed E-state index contributed by atoms with van der Waals surface area (Å²) in [6.45, 7) is 4.45. The number of hydrogen-bond acceptors (Lipinski definition) is 15. The van der Waals surface area contributed by atoms with Gasteiger partial charge in [-0.05, 0) is 141 Å². The standard InChI is InChI=1S/C85H142O17P2/c1-5-9-13-17-21-25-29-33-36-38-39-41-44-47-50-54-58-62-66-70-83(88)96-76-81(102-85(90)72-68-64-60-56-52-48-42-35-31-27-23-19-15-11-7-3)78-100-104(93,94)98-74-79(86)73-97-103(91,92)99-77-80(101-84(89)71-67-63-59-55-51-45-32-28-24-20-16-12-8-4)75-95-82(87)69-65-61-57-53-49-46-43-40-37-34-30-26-22-18-14-10-6-2/h9-11,13-15,21-23,25-27,33-37,39,41-43,46,52,56,79-81,86H,5-8,12,16-20,24,28-32,38,40,44-45,47-51,53-55,57-78H2,1-4H3,(H,91,92)(H,93,94)/b13-9-,14-10-,15-11-,25-21-,26-22-,27-23-,36-33-,37-34-,41-39-,42-35-,46-43-,56-52-. The molecule has 104 heavy (non-hydrogen) atoms. The third kappa shape index (κ3) is 75.2. The molecule has 19 heteroatoms. The van der Waals surface area contributed by atoms with Gasteiger partial charge < -0.3 is 33.8 Å². The van der Waals surface area contributed by atoms with E-state index in [4.69, 9.17) is 37.0 Å². The SMILES string of the molecule is CC/C=C\C/C=C\C/C=C\C/C=C\CCCCCCCCC(=O)OCC(COP(=O)(O)OCC(O)COP(=O)(O)OCC(COC(=O)CCCCCC/C=C\C/C=C\C/C=C\C/C=C\CC)OC(=O)CCCCCCCCCCCCCCC)OC(=O)CCCC/C=C\C/C=C\C/C=C\C/C=C\CC. The van der Waals surface area contributed by atoms with Crippen molar-refractivity contribution in [1.29, 1.82) is 0 Å². The molecule has 5 unspecified atom stereocenters. The van der Waals surface area contributed by atoms with Gasteiger partial charge in [-0.2, -0.15) is 0 Å². The molecule has 0 radical (unpaired) electrons. The summed E-state index contributed by atoms with van der Waals surface area (Å²) in [5, 5.41) is 10.6. The molecule has 0 aliphatic carbocycles. The van der Waals surface area contributed by atoms with Crippen molar-refractivity contribution in [3.05, 3.63) is 146 Å². The fourth-order valence-electron chi connectivity index (χ4n) is 10.3. The van der Waals surface area contributed by atoms with Crippen LogP contribution < -0.4 is 0 Å². The Morgan fingerprint density at radius 2 is 0.500 bits per heavy atom. The van der Waals surface area contributed by atoms with E-state index in [2.05, 4.69) is 174 Å². The van der Waals surface area contributed by atoms with Crippen LogP contribution in [0.1, 0.15) is 310 Å². The first-order valence-electron chi connectivity index (χ1n) is 40.1. The average molecular weight is 1500 g/mol. The van der Waals surface area contributed by atoms with Crippen molar-refractivity contribution in [1.82, 2.24) is 0 Å². The van der Waals surface area contributed by atoms with Crippen molar-refractivity contribution in [2.45, 2.75) is 329 Å². The molecule has 5 atom stereocenters. The Bertz CT molecular complexity index is 2540. The number of hydrogen-bond donors (Lipinski definition) is 3. The zero-order valence-corrected chi connectivity index (χ0v) is 66.7. The maximum atomic E-state index is 13.1. The predicted octanol–water partition coefficient (Wildman–Crippen LogP) is 23.4. The second-order valence-corrected chi connectivity index (χ2v) is 29.1. The Kier molecular flexibility index (Phi) is 72.4. The number of aliphatic hydroxyl groups excluding tert-OH is 1. The maximum Gasteiger partial charge on any atom is 0.472 e. The van der Waals surface area contributed by atoms with Gasteiger partial charge in [-0.1, -0.05) is 289 Å². The minimum Gasteiger partial charge on any atom is -0.462 e. The average Bonchev–Trinajstić information content (AvgIpc) is 0.911. The van der Waals surface area contributed by atoms with Gasteiger partial charge in [-0.25, -0.2) is 9.13 Å². The van der Waals surface area contributed by atoms with Gasteiger partial charge in [0.1, 0.15) is 19.3 Å². The summed E-state index contributed by atoms with van der Waals surface area (Å²) in [7, 11) is -9.99. The molecule has 0 aliphatic heterocycles. The van der Waals surface area contributed by atoms with Crippen molar-refractivity contribution in [2.75, 3.05) is 39.6 Å². The number of ether oxygens (including phenoxy) is 4. The second-order valence-electron chi connectivity index (χ2n) is 26.2. The molecule has 0 fully saturated rings. The van der Waals surface area contributed by atoms with E-state index >= 15 is 0 Å². The summed E-state index contributed by atoms with van der Waals surface area (Å²) in [5.74, 6) is -2.26. The number of carbonyl (C=O) groups is 4. The third-order valence-corrected chi connectivity index (χ3v) is 18.2. The molecule has 0 rings (SSSR count). The Hall–Kier alpha value is -5.06. The Labute approximate surface area is 630 Å². The fraction of sp³-hybridized carbons (Fsp3) is 0.671. The molecule has 0 saturated carbocycles. The fourth-order valence-corrected chi connectivity index (χ4v) is 11.9. The van der Waals surface area contributed by atoms with E-state index in [9.17, 15) is 43.2 Å². The minimum atomic E-state index is -5.00. The van der Waals surface area contributed by atoms with E-state index in [0.29, 0.717) is 32.1 Å². The maximum absolute atomic E-state index is 13.1. The highest BCUT2D eigenvalue weighted by molar-refractivity contribution is 7.47. The predicted molar refractivity (Wildman–Crippen MR) is 427 cm³/mol. The van der Waals surface area contributed by atoms with Crippen LogP contribution in [0.2, 0.25) is 0 Å². The molecule has 0 spiro atoms. The molecule has 0 bridgehead atoms. The molecule has 594 valence electrons. The van der Waals surface area contributed by atoms with Crippen LogP contribution in [0.3, 0.4) is 0 Å². The highest BCUT2D eigenvalue weighted by atomic mass is 31.2. The molecule has 0 heterocycles. The topological polar surface area (TPSA) is 237 Å². The third-order valence-electron chi connectivity index (χ3n) is 16.3. The smallest absolute Gasteiger partial charge is 0.462 e. The van der Waals surface area contributed by atoms with Crippen molar-refractivity contribution < 1.29 is 80.2 Å². The van der Waals surface area contributed by atoms with E-state index in [-0.39, 0.29) is 25.7 Å². The van der Waals surface area contributed by atoms with Crippen LogP contribution in [0.5, 0.6) is 0 Å². The number of carbonyl (C=O) groups excluding carboxylic acids is 4. The summed E-state index contributed by atoms with van der Waals surface area (Å²) in [4.78, 5) is 73.0. The summed E-state index contributed by atoms with van der Waals surface area (Å²) in [6, 6.07) is 0. The van der Waals surface area contributed by atoms with Gasteiger partial charge in [0.05, 0.1) is 26.4 Å². The van der Waals surface area contributed by atoms with E-state index in [1.807, 2.05) is 0 Å². The lowest BCUT2D eigenvalue weighted by Gasteiger charge is -2.21. The molecular formula is C85H142O17P2. The number of esters is 4. The number of phosphoric ester groups is 2. The molecule has 0 aliphatic rings. The van der Waals surface area contributed by atoms with Gasteiger partial charge >= 0.3 is 39.5 Å². The quantitative estimate of drug-likeness (QED) is 0.0169. The zero-order valence-electron chi connectivity index (χ0n) is 64.9. The van der Waals surface area contributed by atoms with Gasteiger partial charge in [-0.3, -0.25) is 37.3 Å². The van der Waals surface area contributed by atoms with Crippen molar-refractivity contribution in [3.8, 4) is 0 Å². The Balaban J connectivity index is 5.41.